The van der Waals surface area contributed by atoms with Crippen molar-refractivity contribution >= 4 is 21.8 Å². The summed E-state index contributed by atoms with van der Waals surface area (Å²) in [5, 5.41) is 8.92. The molecule has 2 rings (SSSR count). The standard InChI is InChI=1S/C15H18BrN3O/c1-11-3-4-13(9-14(11)16)15(20)19-7-5-18(6-8-19)12(2)10-17/h3-4,9,12H,5-8H2,1-2H3. The third-order valence-corrected chi connectivity index (χ3v) is 4.61. The number of nitrogens with zero attached hydrogens (tertiary/aromatic N) is 3. The fraction of sp³-hybridized carbons (Fsp3) is 0.467. The van der Waals surface area contributed by atoms with Crippen molar-refractivity contribution in [3.05, 3.63) is 33.8 Å². The van der Waals surface area contributed by atoms with E-state index in [1.54, 1.807) is 0 Å². The van der Waals surface area contributed by atoms with E-state index in [1.807, 2.05) is 36.9 Å². The highest BCUT2D eigenvalue weighted by Gasteiger charge is 2.24. The quantitative estimate of drug-likeness (QED) is 0.833. The van der Waals surface area contributed by atoms with Crippen LogP contribution in [-0.2, 0) is 0 Å². The number of rotatable bonds is 2. The lowest BCUT2D eigenvalue weighted by molar-refractivity contribution is 0.0615. The number of carbonyl (C=O) groups is 1. The van der Waals surface area contributed by atoms with Crippen LogP contribution in [0.2, 0.25) is 0 Å². The minimum Gasteiger partial charge on any atom is -0.336 e. The Morgan fingerprint density at radius 3 is 2.55 bits per heavy atom. The van der Waals surface area contributed by atoms with Crippen molar-refractivity contribution in [1.29, 1.82) is 5.26 Å². The Morgan fingerprint density at radius 2 is 2.00 bits per heavy atom. The van der Waals surface area contributed by atoms with Crippen molar-refractivity contribution in [3.8, 4) is 6.07 Å². The van der Waals surface area contributed by atoms with Crippen LogP contribution in [0.5, 0.6) is 0 Å². The highest BCUT2D eigenvalue weighted by atomic mass is 79.9. The van der Waals surface area contributed by atoms with Crippen molar-refractivity contribution < 1.29 is 4.79 Å². The molecule has 5 heteroatoms. The van der Waals surface area contributed by atoms with Gasteiger partial charge in [-0.15, -0.1) is 0 Å². The Balaban J connectivity index is 2.01. The molecule has 0 radical (unpaired) electrons. The van der Waals surface area contributed by atoms with Crippen molar-refractivity contribution in [1.82, 2.24) is 9.80 Å². The van der Waals surface area contributed by atoms with Gasteiger partial charge in [0, 0.05) is 36.2 Å². The summed E-state index contributed by atoms with van der Waals surface area (Å²) in [5.41, 5.74) is 1.83. The van der Waals surface area contributed by atoms with Crippen LogP contribution in [0.4, 0.5) is 0 Å². The second kappa shape index (κ2) is 6.38. The number of piperazine rings is 1. The van der Waals surface area contributed by atoms with Gasteiger partial charge < -0.3 is 4.90 Å². The first-order valence-electron chi connectivity index (χ1n) is 6.72. The first kappa shape index (κ1) is 15.0. The van der Waals surface area contributed by atoms with Gasteiger partial charge in [-0.25, -0.2) is 0 Å². The Morgan fingerprint density at radius 1 is 1.35 bits per heavy atom. The summed E-state index contributed by atoms with van der Waals surface area (Å²) < 4.78 is 0.958. The van der Waals surface area contributed by atoms with E-state index in [2.05, 4.69) is 26.9 Å². The predicted molar refractivity (Wildman–Crippen MR) is 81.4 cm³/mol. The molecule has 1 amide bonds. The second-order valence-electron chi connectivity index (χ2n) is 5.10. The van der Waals surface area contributed by atoms with Crippen LogP contribution in [0, 0.1) is 18.3 Å². The zero-order chi connectivity index (χ0) is 14.7. The van der Waals surface area contributed by atoms with Gasteiger partial charge in [0.15, 0.2) is 0 Å². The van der Waals surface area contributed by atoms with Crippen LogP contribution in [0.1, 0.15) is 22.8 Å². The summed E-state index contributed by atoms with van der Waals surface area (Å²) in [6.45, 7) is 6.77. The average Bonchev–Trinajstić information content (AvgIpc) is 2.48. The molecule has 1 aromatic rings. The lowest BCUT2D eigenvalue weighted by atomic mass is 10.1. The monoisotopic (exact) mass is 335 g/mol. The molecular weight excluding hydrogens is 318 g/mol. The summed E-state index contributed by atoms with van der Waals surface area (Å²) in [4.78, 5) is 16.4. The van der Waals surface area contributed by atoms with Crippen LogP contribution in [0.15, 0.2) is 22.7 Å². The first-order valence-corrected chi connectivity index (χ1v) is 7.51. The fourth-order valence-electron chi connectivity index (χ4n) is 2.30. The van der Waals surface area contributed by atoms with Crippen molar-refractivity contribution in [2.45, 2.75) is 19.9 Å². The Kier molecular flexibility index (Phi) is 4.79. The summed E-state index contributed by atoms with van der Waals surface area (Å²) in [5.74, 6) is 0.0648. The topological polar surface area (TPSA) is 47.3 Å². The molecule has 0 saturated carbocycles. The summed E-state index contributed by atoms with van der Waals surface area (Å²) >= 11 is 3.46. The van der Waals surface area contributed by atoms with E-state index in [1.165, 1.54) is 0 Å². The highest BCUT2D eigenvalue weighted by molar-refractivity contribution is 9.10. The van der Waals surface area contributed by atoms with E-state index in [4.69, 9.17) is 5.26 Å². The number of aryl methyl sites for hydroxylation is 1. The zero-order valence-corrected chi connectivity index (χ0v) is 13.4. The van der Waals surface area contributed by atoms with Gasteiger partial charge in [-0.1, -0.05) is 22.0 Å². The van der Waals surface area contributed by atoms with E-state index in [-0.39, 0.29) is 11.9 Å². The molecule has 1 unspecified atom stereocenters. The van der Waals surface area contributed by atoms with Gasteiger partial charge in [0.2, 0.25) is 0 Å². The minimum atomic E-state index is -0.0826. The van der Waals surface area contributed by atoms with Gasteiger partial charge in [-0.2, -0.15) is 5.26 Å². The summed E-state index contributed by atoms with van der Waals surface area (Å²) in [6.07, 6.45) is 0. The third-order valence-electron chi connectivity index (χ3n) is 3.75. The minimum absolute atomic E-state index is 0.0648. The lowest BCUT2D eigenvalue weighted by Gasteiger charge is -2.35. The molecule has 0 spiro atoms. The predicted octanol–water partition coefficient (Wildman–Crippen LogP) is 2.43. The van der Waals surface area contributed by atoms with Crippen LogP contribution < -0.4 is 0 Å². The molecule has 4 nitrogen and oxygen atoms in total. The lowest BCUT2D eigenvalue weighted by Crippen LogP contribution is -2.51. The number of benzene rings is 1. The van der Waals surface area contributed by atoms with Gasteiger partial charge in [0.05, 0.1) is 12.1 Å². The Hall–Kier alpha value is -1.38. The summed E-state index contributed by atoms with van der Waals surface area (Å²) in [6, 6.07) is 7.85. The molecule has 20 heavy (non-hydrogen) atoms. The molecule has 1 aliphatic rings. The third kappa shape index (κ3) is 3.20. The summed E-state index contributed by atoms with van der Waals surface area (Å²) in [7, 11) is 0. The SMILES string of the molecule is Cc1ccc(C(=O)N2CCN(C(C)C#N)CC2)cc1Br. The van der Waals surface area contributed by atoms with Gasteiger partial charge in [0.1, 0.15) is 0 Å². The molecule has 1 saturated heterocycles. The second-order valence-corrected chi connectivity index (χ2v) is 5.95. The van der Waals surface area contributed by atoms with E-state index in [0.29, 0.717) is 18.7 Å². The van der Waals surface area contributed by atoms with Crippen LogP contribution in [0.3, 0.4) is 0 Å². The molecule has 1 heterocycles. The number of nitriles is 1. The largest absolute Gasteiger partial charge is 0.336 e. The molecule has 0 aliphatic carbocycles. The van der Waals surface area contributed by atoms with Crippen LogP contribution >= 0.6 is 15.9 Å². The highest BCUT2D eigenvalue weighted by Crippen LogP contribution is 2.19. The van der Waals surface area contributed by atoms with Crippen molar-refractivity contribution in [2.75, 3.05) is 26.2 Å². The number of halogens is 1. The number of hydrogen-bond donors (Lipinski definition) is 0. The van der Waals surface area contributed by atoms with E-state index < -0.39 is 0 Å². The van der Waals surface area contributed by atoms with Crippen molar-refractivity contribution in [3.63, 3.8) is 0 Å². The maximum Gasteiger partial charge on any atom is 0.253 e. The molecular formula is C15H18BrN3O. The van der Waals surface area contributed by atoms with Crippen LogP contribution in [0.25, 0.3) is 0 Å². The zero-order valence-electron chi connectivity index (χ0n) is 11.8. The molecule has 1 aromatic carbocycles. The van der Waals surface area contributed by atoms with Crippen molar-refractivity contribution in [2.24, 2.45) is 0 Å². The number of carbonyl (C=O) groups excluding carboxylic acids is 1. The van der Waals surface area contributed by atoms with E-state index in [9.17, 15) is 4.79 Å². The number of amides is 1. The Bertz CT molecular complexity index is 545. The fourth-order valence-corrected chi connectivity index (χ4v) is 2.68. The van der Waals surface area contributed by atoms with Gasteiger partial charge in [-0.05, 0) is 31.5 Å². The van der Waals surface area contributed by atoms with E-state index in [0.717, 1.165) is 23.1 Å². The van der Waals surface area contributed by atoms with Crippen LogP contribution in [-0.4, -0.2) is 47.9 Å². The maximum absolute atomic E-state index is 12.4. The van der Waals surface area contributed by atoms with Gasteiger partial charge in [-0.3, -0.25) is 9.69 Å². The molecule has 106 valence electrons. The molecule has 0 N–H and O–H groups in total. The number of hydrogen-bond acceptors (Lipinski definition) is 3. The first-order chi connectivity index (χ1) is 9.52. The molecule has 1 aliphatic heterocycles. The van der Waals surface area contributed by atoms with Gasteiger partial charge >= 0.3 is 0 Å². The Labute approximate surface area is 128 Å². The van der Waals surface area contributed by atoms with Gasteiger partial charge in [0.25, 0.3) is 5.91 Å². The smallest absolute Gasteiger partial charge is 0.253 e. The molecule has 0 aromatic heterocycles. The molecule has 1 atom stereocenters. The molecule has 1 fully saturated rings. The average molecular weight is 336 g/mol. The molecule has 0 bridgehead atoms. The van der Waals surface area contributed by atoms with E-state index >= 15 is 0 Å². The maximum atomic E-state index is 12.4. The normalized spacial score (nSPS) is 17.6.